The molecule has 0 radical (unpaired) electrons. The summed E-state index contributed by atoms with van der Waals surface area (Å²) in [5.74, 6) is 2.88. The number of terminal acetylenes is 1. The number of rotatable bonds is 8. The summed E-state index contributed by atoms with van der Waals surface area (Å²) in [4.78, 5) is 11.5. The Morgan fingerprint density at radius 3 is 2.53 bits per heavy atom. The van der Waals surface area contributed by atoms with Crippen LogP contribution >= 0.6 is 0 Å². The highest BCUT2D eigenvalue weighted by Crippen LogP contribution is 2.26. The van der Waals surface area contributed by atoms with Crippen LogP contribution < -0.4 is 5.73 Å². The standard InChI is InChI=1S/C13H23NO/c1-4-5-6-7-12(15)8-9-13(2,3)10-11-14/h1H,5-11,14H2,2-3H3. The molecule has 0 aliphatic rings. The van der Waals surface area contributed by atoms with Crippen molar-refractivity contribution in [2.75, 3.05) is 6.54 Å². The van der Waals surface area contributed by atoms with E-state index in [2.05, 4.69) is 19.8 Å². The summed E-state index contributed by atoms with van der Waals surface area (Å²) in [5.41, 5.74) is 5.70. The highest BCUT2D eigenvalue weighted by Gasteiger charge is 2.17. The molecule has 86 valence electrons. The Hall–Kier alpha value is -0.810. The Labute approximate surface area is 93.6 Å². The van der Waals surface area contributed by atoms with Gasteiger partial charge < -0.3 is 5.73 Å². The molecule has 0 spiro atoms. The third-order valence-electron chi connectivity index (χ3n) is 2.68. The van der Waals surface area contributed by atoms with Gasteiger partial charge >= 0.3 is 0 Å². The van der Waals surface area contributed by atoms with E-state index in [1.165, 1.54) is 0 Å². The Morgan fingerprint density at radius 2 is 2.00 bits per heavy atom. The molecule has 0 aromatic heterocycles. The zero-order chi connectivity index (χ0) is 11.7. The minimum absolute atomic E-state index is 0.191. The van der Waals surface area contributed by atoms with Gasteiger partial charge in [0, 0.05) is 19.3 Å². The molecule has 0 bridgehead atoms. The van der Waals surface area contributed by atoms with E-state index in [-0.39, 0.29) is 5.41 Å². The van der Waals surface area contributed by atoms with Crippen LogP contribution in [0.25, 0.3) is 0 Å². The second-order valence-electron chi connectivity index (χ2n) is 4.80. The lowest BCUT2D eigenvalue weighted by Gasteiger charge is -2.23. The van der Waals surface area contributed by atoms with Crippen molar-refractivity contribution < 1.29 is 4.79 Å². The fraction of sp³-hybridized carbons (Fsp3) is 0.769. The highest BCUT2D eigenvalue weighted by atomic mass is 16.1. The number of Topliss-reactive ketones (excluding diaryl/α,β-unsaturated/α-hetero) is 1. The van der Waals surface area contributed by atoms with Crippen molar-refractivity contribution in [3.63, 3.8) is 0 Å². The van der Waals surface area contributed by atoms with Gasteiger partial charge in [-0.15, -0.1) is 12.3 Å². The molecule has 15 heavy (non-hydrogen) atoms. The van der Waals surface area contributed by atoms with Crippen molar-refractivity contribution in [2.24, 2.45) is 11.1 Å². The second kappa shape index (κ2) is 7.48. The molecule has 0 aliphatic heterocycles. The number of hydrogen-bond donors (Lipinski definition) is 1. The summed E-state index contributed by atoms with van der Waals surface area (Å²) in [7, 11) is 0. The van der Waals surface area contributed by atoms with Gasteiger partial charge in [-0.05, 0) is 31.2 Å². The Morgan fingerprint density at radius 1 is 1.33 bits per heavy atom. The predicted octanol–water partition coefficient (Wildman–Crippen LogP) is 2.51. The molecule has 0 aliphatic carbocycles. The first-order chi connectivity index (χ1) is 7.02. The SMILES string of the molecule is C#CCCCC(=O)CCC(C)(C)CCN. The lowest BCUT2D eigenvalue weighted by atomic mass is 9.83. The predicted molar refractivity (Wildman–Crippen MR) is 64.4 cm³/mol. The quantitative estimate of drug-likeness (QED) is 0.493. The Kier molecular flexibility index (Phi) is 7.07. The minimum atomic E-state index is 0.191. The van der Waals surface area contributed by atoms with E-state index < -0.39 is 0 Å². The topological polar surface area (TPSA) is 43.1 Å². The van der Waals surface area contributed by atoms with E-state index in [0.29, 0.717) is 31.6 Å². The van der Waals surface area contributed by atoms with Crippen LogP contribution in [-0.4, -0.2) is 12.3 Å². The van der Waals surface area contributed by atoms with E-state index >= 15 is 0 Å². The molecule has 0 aromatic carbocycles. The summed E-state index contributed by atoms with van der Waals surface area (Å²) in [5, 5.41) is 0. The van der Waals surface area contributed by atoms with Crippen molar-refractivity contribution in [3.05, 3.63) is 0 Å². The summed E-state index contributed by atoms with van der Waals surface area (Å²) in [6, 6.07) is 0. The Bertz CT molecular complexity index is 225. The first-order valence-electron chi connectivity index (χ1n) is 5.67. The average molecular weight is 209 g/mol. The van der Waals surface area contributed by atoms with Crippen LogP contribution in [0.4, 0.5) is 0 Å². The summed E-state index contributed by atoms with van der Waals surface area (Å²) in [6.07, 6.45) is 9.85. The minimum Gasteiger partial charge on any atom is -0.330 e. The van der Waals surface area contributed by atoms with Gasteiger partial charge in [0.25, 0.3) is 0 Å². The maximum atomic E-state index is 11.5. The van der Waals surface area contributed by atoms with Crippen molar-refractivity contribution >= 4 is 5.78 Å². The first kappa shape index (κ1) is 14.2. The molecule has 0 atom stereocenters. The molecule has 2 nitrogen and oxygen atoms in total. The molecule has 0 saturated carbocycles. The lowest BCUT2D eigenvalue weighted by Crippen LogP contribution is -2.18. The monoisotopic (exact) mass is 209 g/mol. The number of nitrogens with two attached hydrogens (primary N) is 1. The van der Waals surface area contributed by atoms with Crippen LogP contribution in [0.1, 0.15) is 52.4 Å². The highest BCUT2D eigenvalue weighted by molar-refractivity contribution is 5.78. The van der Waals surface area contributed by atoms with Gasteiger partial charge in [-0.2, -0.15) is 0 Å². The Balaban J connectivity index is 3.66. The maximum Gasteiger partial charge on any atom is 0.132 e. The average Bonchev–Trinajstić information content (AvgIpc) is 2.15. The van der Waals surface area contributed by atoms with Crippen LogP contribution in [0.3, 0.4) is 0 Å². The van der Waals surface area contributed by atoms with Crippen molar-refractivity contribution in [1.82, 2.24) is 0 Å². The van der Waals surface area contributed by atoms with Crippen LogP contribution in [0, 0.1) is 17.8 Å². The number of ketones is 1. The number of unbranched alkanes of at least 4 members (excludes halogenated alkanes) is 1. The van der Waals surface area contributed by atoms with E-state index in [0.717, 1.165) is 19.3 Å². The zero-order valence-electron chi connectivity index (χ0n) is 10.0. The molecule has 0 saturated heterocycles. The zero-order valence-corrected chi connectivity index (χ0v) is 10.0. The second-order valence-corrected chi connectivity index (χ2v) is 4.80. The van der Waals surface area contributed by atoms with Gasteiger partial charge in [-0.3, -0.25) is 4.79 Å². The summed E-state index contributed by atoms with van der Waals surface area (Å²) < 4.78 is 0. The van der Waals surface area contributed by atoms with Crippen molar-refractivity contribution in [3.8, 4) is 12.3 Å². The van der Waals surface area contributed by atoms with Crippen molar-refractivity contribution in [2.45, 2.75) is 52.4 Å². The third kappa shape index (κ3) is 8.20. The number of carbonyl (C=O) groups is 1. The summed E-state index contributed by atoms with van der Waals surface area (Å²) >= 11 is 0. The van der Waals surface area contributed by atoms with Crippen molar-refractivity contribution in [1.29, 1.82) is 0 Å². The maximum absolute atomic E-state index is 11.5. The number of hydrogen-bond acceptors (Lipinski definition) is 2. The van der Waals surface area contributed by atoms with E-state index in [1.54, 1.807) is 0 Å². The summed E-state index contributed by atoms with van der Waals surface area (Å²) in [6.45, 7) is 5.02. The third-order valence-corrected chi connectivity index (χ3v) is 2.68. The largest absolute Gasteiger partial charge is 0.330 e. The van der Waals surface area contributed by atoms with Gasteiger partial charge in [-0.1, -0.05) is 13.8 Å². The molecular formula is C13H23NO. The van der Waals surface area contributed by atoms with Crippen LogP contribution in [0.2, 0.25) is 0 Å². The van der Waals surface area contributed by atoms with Gasteiger partial charge in [-0.25, -0.2) is 0 Å². The van der Waals surface area contributed by atoms with E-state index in [4.69, 9.17) is 12.2 Å². The molecule has 0 heterocycles. The van der Waals surface area contributed by atoms with Crippen LogP contribution in [-0.2, 0) is 4.79 Å². The van der Waals surface area contributed by atoms with E-state index in [9.17, 15) is 4.79 Å². The molecule has 2 heteroatoms. The molecule has 0 fully saturated rings. The lowest BCUT2D eigenvalue weighted by molar-refractivity contribution is -0.119. The van der Waals surface area contributed by atoms with E-state index in [1.807, 2.05) is 0 Å². The normalized spacial score (nSPS) is 11.1. The molecule has 2 N–H and O–H groups in total. The fourth-order valence-corrected chi connectivity index (χ4v) is 1.51. The van der Waals surface area contributed by atoms with Crippen LogP contribution in [0.5, 0.6) is 0 Å². The molecule has 0 aromatic rings. The van der Waals surface area contributed by atoms with Gasteiger partial charge in [0.1, 0.15) is 5.78 Å². The molecular weight excluding hydrogens is 186 g/mol. The smallest absolute Gasteiger partial charge is 0.132 e. The fourth-order valence-electron chi connectivity index (χ4n) is 1.51. The number of carbonyl (C=O) groups excluding carboxylic acids is 1. The van der Waals surface area contributed by atoms with Gasteiger partial charge in [0.15, 0.2) is 0 Å². The van der Waals surface area contributed by atoms with Gasteiger partial charge in [0.2, 0.25) is 0 Å². The molecule has 0 rings (SSSR count). The molecule has 0 amide bonds. The molecule has 0 unspecified atom stereocenters. The van der Waals surface area contributed by atoms with Gasteiger partial charge in [0.05, 0.1) is 0 Å². The van der Waals surface area contributed by atoms with Crippen LogP contribution in [0.15, 0.2) is 0 Å². The first-order valence-corrected chi connectivity index (χ1v) is 5.67.